The summed E-state index contributed by atoms with van der Waals surface area (Å²) in [6.07, 6.45) is 2.68. The van der Waals surface area contributed by atoms with Crippen molar-refractivity contribution < 1.29 is 13.2 Å². The molecule has 116 valence electrons. The molecule has 0 radical (unpaired) electrons. The fraction of sp³-hybridized carbons (Fsp3) is 0.533. The molecule has 5 nitrogen and oxygen atoms in total. The zero-order chi connectivity index (χ0) is 15.5. The molecular formula is C15H22N2O3S. The van der Waals surface area contributed by atoms with E-state index in [4.69, 9.17) is 0 Å². The number of amides is 1. The molecule has 1 aromatic carbocycles. The molecule has 0 atom stereocenters. The van der Waals surface area contributed by atoms with Crippen LogP contribution in [0.4, 0.5) is 5.69 Å². The smallest absolute Gasteiger partial charge is 0.253 e. The number of benzene rings is 1. The highest BCUT2D eigenvalue weighted by atomic mass is 32.2. The van der Waals surface area contributed by atoms with Crippen LogP contribution in [0.5, 0.6) is 0 Å². The summed E-state index contributed by atoms with van der Waals surface area (Å²) in [5.74, 6) is 0.173. The lowest BCUT2D eigenvalue weighted by Crippen LogP contribution is -2.28. The van der Waals surface area contributed by atoms with Gasteiger partial charge in [0.25, 0.3) is 5.91 Å². The summed E-state index contributed by atoms with van der Waals surface area (Å²) in [7, 11) is -1.38. The van der Waals surface area contributed by atoms with Gasteiger partial charge in [0.05, 0.1) is 11.4 Å². The summed E-state index contributed by atoms with van der Waals surface area (Å²) in [6, 6.07) is 6.83. The molecule has 0 bridgehead atoms. The van der Waals surface area contributed by atoms with E-state index in [2.05, 4.69) is 6.92 Å². The Balaban J connectivity index is 2.10. The lowest BCUT2D eigenvalue weighted by molar-refractivity contribution is 0.0793. The molecule has 0 aliphatic carbocycles. The minimum absolute atomic E-state index is 0.0284. The molecule has 2 rings (SSSR count). The van der Waals surface area contributed by atoms with Gasteiger partial charge in [0.2, 0.25) is 10.0 Å². The number of hydrogen-bond acceptors (Lipinski definition) is 3. The van der Waals surface area contributed by atoms with Gasteiger partial charge in [0.15, 0.2) is 0 Å². The normalized spacial score (nSPS) is 17.0. The monoisotopic (exact) mass is 310 g/mol. The van der Waals surface area contributed by atoms with Crippen molar-refractivity contribution >= 4 is 21.6 Å². The van der Waals surface area contributed by atoms with Crippen LogP contribution in [0.25, 0.3) is 0 Å². The lowest BCUT2D eigenvalue weighted by atomic mass is 10.1. The first-order valence-electron chi connectivity index (χ1n) is 7.31. The zero-order valence-corrected chi connectivity index (χ0v) is 13.4. The number of rotatable bonds is 5. The number of anilines is 1. The van der Waals surface area contributed by atoms with Gasteiger partial charge in [-0.2, -0.15) is 0 Å². The van der Waals surface area contributed by atoms with E-state index in [0.717, 1.165) is 19.4 Å². The van der Waals surface area contributed by atoms with E-state index in [1.165, 1.54) is 4.31 Å². The quantitative estimate of drug-likeness (QED) is 0.837. The summed E-state index contributed by atoms with van der Waals surface area (Å²) in [4.78, 5) is 13.9. The molecule has 1 aliphatic rings. The Hall–Kier alpha value is -1.56. The van der Waals surface area contributed by atoms with Gasteiger partial charge in [-0.1, -0.05) is 13.3 Å². The van der Waals surface area contributed by atoms with Crippen LogP contribution in [0.2, 0.25) is 0 Å². The Morgan fingerprint density at radius 3 is 2.48 bits per heavy atom. The van der Waals surface area contributed by atoms with Crippen LogP contribution >= 0.6 is 0 Å². The highest BCUT2D eigenvalue weighted by Gasteiger charge is 2.28. The number of carbonyl (C=O) groups is 1. The topological polar surface area (TPSA) is 57.7 Å². The van der Waals surface area contributed by atoms with Gasteiger partial charge in [-0.15, -0.1) is 0 Å². The van der Waals surface area contributed by atoms with E-state index >= 15 is 0 Å². The molecule has 1 amide bonds. The van der Waals surface area contributed by atoms with Crippen molar-refractivity contribution in [3.8, 4) is 0 Å². The van der Waals surface area contributed by atoms with Gasteiger partial charge >= 0.3 is 0 Å². The van der Waals surface area contributed by atoms with Crippen molar-refractivity contribution in [2.45, 2.75) is 26.2 Å². The average molecular weight is 310 g/mol. The zero-order valence-electron chi connectivity index (χ0n) is 12.6. The SMILES string of the molecule is CCCCN(C)C(=O)c1ccc(N2CCCS2(=O)=O)cc1. The molecule has 21 heavy (non-hydrogen) atoms. The molecule has 1 saturated heterocycles. The molecule has 1 aromatic rings. The lowest BCUT2D eigenvalue weighted by Gasteiger charge is -2.19. The van der Waals surface area contributed by atoms with Gasteiger partial charge in [0.1, 0.15) is 0 Å². The van der Waals surface area contributed by atoms with Crippen molar-refractivity contribution in [2.24, 2.45) is 0 Å². The molecule has 0 spiro atoms. The molecule has 1 aliphatic heterocycles. The van der Waals surface area contributed by atoms with Crippen molar-refractivity contribution in [1.82, 2.24) is 4.90 Å². The van der Waals surface area contributed by atoms with E-state index in [0.29, 0.717) is 24.2 Å². The maximum absolute atomic E-state index is 12.2. The van der Waals surface area contributed by atoms with E-state index in [-0.39, 0.29) is 11.7 Å². The number of sulfonamides is 1. The Morgan fingerprint density at radius 1 is 1.29 bits per heavy atom. The van der Waals surface area contributed by atoms with E-state index in [9.17, 15) is 13.2 Å². The molecule has 0 N–H and O–H groups in total. The van der Waals surface area contributed by atoms with Crippen molar-refractivity contribution in [3.05, 3.63) is 29.8 Å². The third-order valence-electron chi connectivity index (χ3n) is 3.70. The number of carbonyl (C=O) groups excluding carboxylic acids is 1. The molecule has 1 fully saturated rings. The Bertz CT molecular complexity index is 596. The first-order chi connectivity index (χ1) is 9.95. The van der Waals surface area contributed by atoms with Crippen LogP contribution in [0.15, 0.2) is 24.3 Å². The first kappa shape index (κ1) is 15.8. The average Bonchev–Trinajstić information content (AvgIpc) is 2.83. The molecule has 0 aromatic heterocycles. The standard InChI is InChI=1S/C15H22N2O3S/c1-3-4-10-16(2)15(18)13-6-8-14(9-7-13)17-11-5-12-21(17,19)20/h6-9H,3-5,10-12H2,1-2H3. The number of nitrogens with zero attached hydrogens (tertiary/aromatic N) is 2. The highest BCUT2D eigenvalue weighted by molar-refractivity contribution is 7.93. The molecular weight excluding hydrogens is 288 g/mol. The van der Waals surface area contributed by atoms with Crippen molar-refractivity contribution in [2.75, 3.05) is 30.2 Å². The summed E-state index contributed by atoms with van der Waals surface area (Å²) in [6.45, 7) is 3.34. The first-order valence-corrected chi connectivity index (χ1v) is 8.92. The fourth-order valence-electron chi connectivity index (χ4n) is 2.42. The van der Waals surface area contributed by atoms with Crippen molar-refractivity contribution in [1.29, 1.82) is 0 Å². The second-order valence-electron chi connectivity index (χ2n) is 5.37. The fourth-order valence-corrected chi connectivity index (χ4v) is 3.98. The van der Waals surface area contributed by atoms with Crippen LogP contribution < -0.4 is 4.31 Å². The second kappa shape index (κ2) is 6.47. The molecule has 0 unspecified atom stereocenters. The van der Waals surface area contributed by atoms with Gasteiger partial charge in [-0.05, 0) is 37.1 Å². The Kier molecular flexibility index (Phi) is 4.88. The third-order valence-corrected chi connectivity index (χ3v) is 5.56. The van der Waals surface area contributed by atoms with Crippen LogP contribution in [-0.2, 0) is 10.0 Å². The predicted octanol–water partition coefficient (Wildman–Crippen LogP) is 2.10. The summed E-state index contributed by atoms with van der Waals surface area (Å²) in [5.41, 5.74) is 1.23. The van der Waals surface area contributed by atoms with Crippen molar-refractivity contribution in [3.63, 3.8) is 0 Å². The maximum Gasteiger partial charge on any atom is 0.253 e. The number of unbranched alkanes of at least 4 members (excludes halogenated alkanes) is 1. The minimum Gasteiger partial charge on any atom is -0.342 e. The van der Waals surface area contributed by atoms with Gasteiger partial charge in [-0.25, -0.2) is 8.42 Å². The Labute approximate surface area is 126 Å². The van der Waals surface area contributed by atoms with Crippen LogP contribution in [0.3, 0.4) is 0 Å². The summed E-state index contributed by atoms with van der Waals surface area (Å²) >= 11 is 0. The van der Waals surface area contributed by atoms with E-state index in [1.54, 1.807) is 36.2 Å². The van der Waals surface area contributed by atoms with E-state index < -0.39 is 10.0 Å². The van der Waals surface area contributed by atoms with Gasteiger partial charge in [0, 0.05) is 25.7 Å². The predicted molar refractivity (Wildman–Crippen MR) is 84.1 cm³/mol. The van der Waals surface area contributed by atoms with Gasteiger partial charge in [-0.3, -0.25) is 9.10 Å². The summed E-state index contributed by atoms with van der Waals surface area (Å²) in [5, 5.41) is 0. The maximum atomic E-state index is 12.2. The largest absolute Gasteiger partial charge is 0.342 e. The van der Waals surface area contributed by atoms with E-state index in [1.807, 2.05) is 0 Å². The second-order valence-corrected chi connectivity index (χ2v) is 7.38. The van der Waals surface area contributed by atoms with Gasteiger partial charge < -0.3 is 4.90 Å². The molecule has 6 heteroatoms. The summed E-state index contributed by atoms with van der Waals surface area (Å²) < 4.78 is 25.1. The van der Waals surface area contributed by atoms with Crippen LogP contribution in [-0.4, -0.2) is 45.1 Å². The molecule has 1 heterocycles. The molecule has 0 saturated carbocycles. The third kappa shape index (κ3) is 3.56. The van der Waals surface area contributed by atoms with Crippen LogP contribution in [0, 0.1) is 0 Å². The highest BCUT2D eigenvalue weighted by Crippen LogP contribution is 2.24. The van der Waals surface area contributed by atoms with Crippen LogP contribution in [0.1, 0.15) is 36.5 Å². The minimum atomic E-state index is -3.16. The Morgan fingerprint density at radius 2 is 1.95 bits per heavy atom. The number of hydrogen-bond donors (Lipinski definition) is 0.